The lowest BCUT2D eigenvalue weighted by Gasteiger charge is -2.16. The van der Waals surface area contributed by atoms with Crippen molar-refractivity contribution >= 4 is 23.4 Å². The molecule has 1 amide bonds. The molecule has 1 atom stereocenters. The summed E-state index contributed by atoms with van der Waals surface area (Å²) in [4.78, 5) is 30.5. The number of hydrogen-bond acceptors (Lipinski definition) is 8. The van der Waals surface area contributed by atoms with Gasteiger partial charge in [-0.3, -0.25) is 9.78 Å². The van der Waals surface area contributed by atoms with Crippen LogP contribution in [0.15, 0.2) is 61.7 Å². The van der Waals surface area contributed by atoms with Crippen molar-refractivity contribution in [3.8, 4) is 17.0 Å². The number of rotatable bonds is 7. The summed E-state index contributed by atoms with van der Waals surface area (Å²) < 4.78 is 41.9. The number of hydrogen-bond donors (Lipinski definition) is 2. The van der Waals surface area contributed by atoms with E-state index in [-0.39, 0.29) is 23.6 Å². The number of carbonyl (C=O) groups is 1. The molecule has 4 rings (SSSR count). The van der Waals surface area contributed by atoms with Crippen LogP contribution in [0.5, 0.6) is 5.75 Å². The number of nitrogens with zero attached hydrogens (tertiary/aromatic N) is 5. The second-order valence-corrected chi connectivity index (χ2v) is 7.37. The van der Waals surface area contributed by atoms with E-state index < -0.39 is 12.1 Å². The Balaban J connectivity index is 1.43. The summed E-state index contributed by atoms with van der Waals surface area (Å²) in [6.07, 6.45) is 3.34. The summed E-state index contributed by atoms with van der Waals surface area (Å²) in [7, 11) is 0. The van der Waals surface area contributed by atoms with Gasteiger partial charge in [-0.05, 0) is 24.6 Å². The van der Waals surface area contributed by atoms with E-state index in [4.69, 9.17) is 0 Å². The maximum absolute atomic E-state index is 12.6. The van der Waals surface area contributed by atoms with Crippen LogP contribution < -0.4 is 15.4 Å². The van der Waals surface area contributed by atoms with Crippen LogP contribution in [-0.4, -0.2) is 56.2 Å². The maximum Gasteiger partial charge on any atom is 0.573 e. The molecule has 0 saturated carbocycles. The Morgan fingerprint density at radius 1 is 1.18 bits per heavy atom. The molecule has 3 aromatic rings. The minimum atomic E-state index is -4.82. The minimum Gasteiger partial charge on any atom is -0.404 e. The van der Waals surface area contributed by atoms with E-state index in [2.05, 4.69) is 41.9 Å². The summed E-state index contributed by atoms with van der Waals surface area (Å²) >= 11 is 0. The summed E-state index contributed by atoms with van der Waals surface area (Å²) in [5.41, 5.74) is 1.14. The predicted molar refractivity (Wildman–Crippen MR) is 118 cm³/mol. The van der Waals surface area contributed by atoms with Gasteiger partial charge in [0.25, 0.3) is 0 Å². The fraction of sp³-hybridized carbons (Fsp3) is 0.227. The van der Waals surface area contributed by atoms with Gasteiger partial charge in [0.15, 0.2) is 5.75 Å². The summed E-state index contributed by atoms with van der Waals surface area (Å²) in [6.45, 7) is 4.68. The van der Waals surface area contributed by atoms with Crippen LogP contribution in [0.3, 0.4) is 0 Å². The molecule has 3 heterocycles. The normalized spacial score (nSPS) is 15.6. The lowest BCUT2D eigenvalue weighted by molar-refractivity contribution is -0.274. The van der Waals surface area contributed by atoms with Crippen molar-refractivity contribution in [1.29, 1.82) is 0 Å². The zero-order valence-electron chi connectivity index (χ0n) is 17.8. The molecule has 0 bridgehead atoms. The molecule has 1 saturated heterocycles. The van der Waals surface area contributed by atoms with E-state index in [0.29, 0.717) is 30.2 Å². The molecule has 1 aromatic carbocycles. The molecule has 1 aliphatic rings. The standard InChI is InChI=1S/C22H20F3N7O2/c1-2-20(33)32-8-7-15(13-32)29-19-12-26-11-17(30-19)14-9-27-21(28-10-14)31-16-5-3-4-6-18(16)34-22(23,24)25/h2-6,9-12,15H,1,7-8,13H2,(H,29,30)(H,27,28,31)/t15-/m0/s1. The lowest BCUT2D eigenvalue weighted by atomic mass is 10.2. The first-order valence-corrected chi connectivity index (χ1v) is 10.2. The van der Waals surface area contributed by atoms with E-state index in [1.165, 1.54) is 36.7 Å². The highest BCUT2D eigenvalue weighted by molar-refractivity contribution is 5.87. The number of para-hydroxylation sites is 2. The quantitative estimate of drug-likeness (QED) is 0.502. The predicted octanol–water partition coefficient (Wildman–Crippen LogP) is 3.77. The van der Waals surface area contributed by atoms with Crippen LogP contribution in [-0.2, 0) is 4.79 Å². The Hall–Kier alpha value is -4.22. The average molecular weight is 471 g/mol. The van der Waals surface area contributed by atoms with E-state index in [0.717, 1.165) is 6.42 Å². The highest BCUT2D eigenvalue weighted by Crippen LogP contribution is 2.31. The Bertz CT molecular complexity index is 1170. The van der Waals surface area contributed by atoms with Crippen molar-refractivity contribution in [2.24, 2.45) is 0 Å². The van der Waals surface area contributed by atoms with E-state index >= 15 is 0 Å². The van der Waals surface area contributed by atoms with Crippen LogP contribution in [0.2, 0.25) is 0 Å². The van der Waals surface area contributed by atoms with E-state index in [1.807, 2.05) is 0 Å². The number of halogens is 3. The molecular weight excluding hydrogens is 451 g/mol. The number of nitrogens with one attached hydrogen (secondary N) is 2. The molecule has 12 heteroatoms. The van der Waals surface area contributed by atoms with Crippen LogP contribution in [0, 0.1) is 0 Å². The zero-order chi connectivity index (χ0) is 24.1. The fourth-order valence-electron chi connectivity index (χ4n) is 3.42. The molecule has 2 aromatic heterocycles. The molecule has 0 aliphatic carbocycles. The van der Waals surface area contributed by atoms with Gasteiger partial charge in [-0.15, -0.1) is 13.2 Å². The van der Waals surface area contributed by atoms with Gasteiger partial charge in [0.05, 0.1) is 23.8 Å². The minimum absolute atomic E-state index is 0.0373. The van der Waals surface area contributed by atoms with Gasteiger partial charge in [0.1, 0.15) is 5.82 Å². The highest BCUT2D eigenvalue weighted by atomic mass is 19.4. The van der Waals surface area contributed by atoms with E-state index in [1.54, 1.807) is 23.4 Å². The molecule has 1 fully saturated rings. The number of ether oxygens (including phenoxy) is 1. The molecule has 176 valence electrons. The smallest absolute Gasteiger partial charge is 0.404 e. The first-order chi connectivity index (χ1) is 16.3. The number of aromatic nitrogens is 4. The van der Waals surface area contributed by atoms with Crippen molar-refractivity contribution < 1.29 is 22.7 Å². The van der Waals surface area contributed by atoms with Gasteiger partial charge < -0.3 is 20.3 Å². The van der Waals surface area contributed by atoms with Crippen molar-refractivity contribution in [1.82, 2.24) is 24.8 Å². The van der Waals surface area contributed by atoms with Crippen LogP contribution in [0.4, 0.5) is 30.6 Å². The average Bonchev–Trinajstić information content (AvgIpc) is 3.28. The van der Waals surface area contributed by atoms with Gasteiger partial charge in [-0.1, -0.05) is 18.7 Å². The second kappa shape index (κ2) is 9.73. The summed E-state index contributed by atoms with van der Waals surface area (Å²) in [5, 5.41) is 5.98. The van der Waals surface area contributed by atoms with Gasteiger partial charge in [0.2, 0.25) is 11.9 Å². The number of amides is 1. The molecule has 34 heavy (non-hydrogen) atoms. The summed E-state index contributed by atoms with van der Waals surface area (Å²) in [6, 6.07) is 5.64. The Morgan fingerprint density at radius 2 is 1.94 bits per heavy atom. The van der Waals surface area contributed by atoms with Crippen molar-refractivity contribution in [2.75, 3.05) is 23.7 Å². The first kappa shape index (κ1) is 23.0. The maximum atomic E-state index is 12.6. The largest absolute Gasteiger partial charge is 0.573 e. The Morgan fingerprint density at radius 3 is 2.68 bits per heavy atom. The molecule has 0 spiro atoms. The van der Waals surface area contributed by atoms with Crippen molar-refractivity contribution in [2.45, 2.75) is 18.8 Å². The van der Waals surface area contributed by atoms with E-state index in [9.17, 15) is 18.0 Å². The highest BCUT2D eigenvalue weighted by Gasteiger charge is 2.32. The topological polar surface area (TPSA) is 105 Å². The molecule has 1 aliphatic heterocycles. The number of alkyl halides is 3. The van der Waals surface area contributed by atoms with Crippen LogP contribution >= 0.6 is 0 Å². The van der Waals surface area contributed by atoms with Crippen molar-refractivity contribution in [3.05, 3.63) is 61.7 Å². The third kappa shape index (κ3) is 5.77. The molecule has 0 unspecified atom stereocenters. The molecular formula is C22H20F3N7O2. The van der Waals surface area contributed by atoms with Gasteiger partial charge in [-0.25, -0.2) is 15.0 Å². The molecule has 0 radical (unpaired) electrons. The van der Waals surface area contributed by atoms with Gasteiger partial charge in [0, 0.05) is 37.1 Å². The number of anilines is 3. The molecule has 9 nitrogen and oxygen atoms in total. The summed E-state index contributed by atoms with van der Waals surface area (Å²) in [5.74, 6) is 0.119. The molecule has 2 N–H and O–H groups in total. The third-order valence-electron chi connectivity index (χ3n) is 4.97. The Labute approximate surface area is 192 Å². The van der Waals surface area contributed by atoms with Crippen LogP contribution in [0.25, 0.3) is 11.3 Å². The van der Waals surface area contributed by atoms with Crippen molar-refractivity contribution in [3.63, 3.8) is 0 Å². The van der Waals surface area contributed by atoms with Gasteiger partial charge in [-0.2, -0.15) is 0 Å². The number of benzene rings is 1. The van der Waals surface area contributed by atoms with Crippen LogP contribution in [0.1, 0.15) is 6.42 Å². The monoisotopic (exact) mass is 471 g/mol. The SMILES string of the molecule is C=CC(=O)N1CC[C@H](Nc2cncc(-c3cnc(Nc4ccccc4OC(F)(F)F)nc3)n2)C1. The zero-order valence-corrected chi connectivity index (χ0v) is 17.8. The van der Waals surface area contributed by atoms with Gasteiger partial charge >= 0.3 is 6.36 Å². The number of carbonyl (C=O) groups excluding carboxylic acids is 1. The Kier molecular flexibility index (Phi) is 6.57. The number of likely N-dealkylation sites (tertiary alicyclic amines) is 1. The third-order valence-corrected chi connectivity index (χ3v) is 4.97. The fourth-order valence-corrected chi connectivity index (χ4v) is 3.42. The second-order valence-electron chi connectivity index (χ2n) is 7.37. The lowest BCUT2D eigenvalue weighted by Crippen LogP contribution is -2.30. The first-order valence-electron chi connectivity index (χ1n) is 10.2.